The van der Waals surface area contributed by atoms with Gasteiger partial charge in [0.1, 0.15) is 0 Å². The van der Waals surface area contributed by atoms with Crippen LogP contribution < -0.4 is 0 Å². The van der Waals surface area contributed by atoms with Gasteiger partial charge < -0.3 is 35.1 Å². The number of unbranched alkanes of at least 4 members (excludes halogenated alkanes) is 7. The fourth-order valence-electron chi connectivity index (χ4n) is 2.46. The molecular formula is C16H29O12P. The summed E-state index contributed by atoms with van der Waals surface area (Å²) in [5.74, 6) is -7.87. The van der Waals surface area contributed by atoms with Crippen LogP contribution in [0.3, 0.4) is 0 Å². The quantitative estimate of drug-likeness (QED) is 0.108. The Labute approximate surface area is 167 Å². The molecule has 0 aliphatic heterocycles. The van der Waals surface area contributed by atoms with Crippen LogP contribution in [-0.4, -0.2) is 59.0 Å². The SMILES string of the molecule is O=C(O)C(CCCCCCCCCCC(C(=O)O)C(=O)O)C(=O)O.O=P(O)(O)O. The van der Waals surface area contributed by atoms with Crippen molar-refractivity contribution in [1.82, 2.24) is 0 Å². The second-order valence-corrected chi connectivity index (χ2v) is 7.40. The highest BCUT2D eigenvalue weighted by atomic mass is 31.2. The summed E-state index contributed by atoms with van der Waals surface area (Å²) in [7, 11) is -4.64. The maximum Gasteiger partial charge on any atom is 0.466 e. The van der Waals surface area contributed by atoms with Gasteiger partial charge in [-0.15, -0.1) is 0 Å². The van der Waals surface area contributed by atoms with Crippen molar-refractivity contribution in [3.8, 4) is 0 Å². The fourth-order valence-corrected chi connectivity index (χ4v) is 2.46. The Morgan fingerprint density at radius 1 is 0.517 bits per heavy atom. The number of rotatable bonds is 15. The zero-order valence-electron chi connectivity index (χ0n) is 15.8. The molecule has 0 saturated heterocycles. The normalized spacial score (nSPS) is 11.1. The first kappa shape index (κ1) is 29.2. The van der Waals surface area contributed by atoms with Gasteiger partial charge in [-0.2, -0.15) is 0 Å². The first-order valence-electron chi connectivity index (χ1n) is 8.96. The average molecular weight is 444 g/mol. The molecule has 0 unspecified atom stereocenters. The summed E-state index contributed by atoms with van der Waals surface area (Å²) < 4.78 is 8.88. The molecule has 0 bridgehead atoms. The van der Waals surface area contributed by atoms with Crippen LogP contribution in [0.5, 0.6) is 0 Å². The summed E-state index contributed by atoms with van der Waals surface area (Å²) in [5.41, 5.74) is 0. The van der Waals surface area contributed by atoms with Crippen LogP contribution in [0.15, 0.2) is 0 Å². The second-order valence-electron chi connectivity index (χ2n) is 6.38. The third kappa shape index (κ3) is 20.5. The highest BCUT2D eigenvalue weighted by Crippen LogP contribution is 2.25. The Kier molecular flexibility index (Phi) is 16.0. The summed E-state index contributed by atoms with van der Waals surface area (Å²) in [6.45, 7) is 0. The largest absolute Gasteiger partial charge is 0.481 e. The molecule has 0 heterocycles. The lowest BCUT2D eigenvalue weighted by Crippen LogP contribution is -2.23. The van der Waals surface area contributed by atoms with Gasteiger partial charge in [0.2, 0.25) is 0 Å². The first-order valence-corrected chi connectivity index (χ1v) is 10.5. The maximum atomic E-state index is 10.7. The van der Waals surface area contributed by atoms with E-state index in [0.717, 1.165) is 38.5 Å². The lowest BCUT2D eigenvalue weighted by Gasteiger charge is -2.07. The van der Waals surface area contributed by atoms with E-state index in [2.05, 4.69) is 0 Å². The number of aliphatic carboxylic acids is 4. The Balaban J connectivity index is 0. The highest BCUT2D eigenvalue weighted by Gasteiger charge is 2.25. The molecule has 0 aliphatic carbocycles. The Bertz CT molecular complexity index is 494. The lowest BCUT2D eigenvalue weighted by atomic mass is 9.99. The van der Waals surface area contributed by atoms with Crippen molar-refractivity contribution < 1.29 is 58.8 Å². The third-order valence-electron chi connectivity index (χ3n) is 3.93. The molecule has 29 heavy (non-hydrogen) atoms. The van der Waals surface area contributed by atoms with Crippen molar-refractivity contribution in [3.05, 3.63) is 0 Å². The van der Waals surface area contributed by atoms with Crippen LogP contribution >= 0.6 is 7.82 Å². The third-order valence-corrected chi connectivity index (χ3v) is 3.93. The number of carboxylic acid groups (broad SMARTS) is 4. The molecule has 0 saturated carbocycles. The van der Waals surface area contributed by atoms with Gasteiger partial charge in [0.05, 0.1) is 0 Å². The van der Waals surface area contributed by atoms with Crippen molar-refractivity contribution in [3.63, 3.8) is 0 Å². The molecule has 13 heteroatoms. The average Bonchev–Trinajstić information content (AvgIpc) is 2.52. The highest BCUT2D eigenvalue weighted by molar-refractivity contribution is 7.45. The van der Waals surface area contributed by atoms with Gasteiger partial charge >= 0.3 is 31.7 Å². The van der Waals surface area contributed by atoms with Crippen molar-refractivity contribution in [1.29, 1.82) is 0 Å². The van der Waals surface area contributed by atoms with Gasteiger partial charge in [0, 0.05) is 0 Å². The van der Waals surface area contributed by atoms with Gasteiger partial charge in [-0.3, -0.25) is 19.2 Å². The number of phosphoric acid groups is 1. The van der Waals surface area contributed by atoms with E-state index >= 15 is 0 Å². The van der Waals surface area contributed by atoms with Crippen LogP contribution in [-0.2, 0) is 23.7 Å². The predicted octanol–water partition coefficient (Wildman–Crippen LogP) is 1.53. The van der Waals surface area contributed by atoms with Crippen LogP contribution in [0.1, 0.15) is 64.2 Å². The summed E-state index contributed by atoms with van der Waals surface area (Å²) >= 11 is 0. The van der Waals surface area contributed by atoms with E-state index in [1.807, 2.05) is 0 Å². The van der Waals surface area contributed by atoms with Crippen molar-refractivity contribution in [2.24, 2.45) is 11.8 Å². The van der Waals surface area contributed by atoms with E-state index in [9.17, 15) is 19.2 Å². The van der Waals surface area contributed by atoms with Crippen LogP contribution in [0.4, 0.5) is 0 Å². The van der Waals surface area contributed by atoms with Gasteiger partial charge in [-0.05, 0) is 12.8 Å². The molecule has 0 aromatic heterocycles. The maximum absolute atomic E-state index is 10.7. The molecular weight excluding hydrogens is 415 g/mol. The summed E-state index contributed by atoms with van der Waals surface area (Å²) in [6, 6.07) is 0. The van der Waals surface area contributed by atoms with E-state index in [0.29, 0.717) is 12.8 Å². The smallest absolute Gasteiger partial charge is 0.466 e. The summed E-state index contributed by atoms with van der Waals surface area (Å²) in [4.78, 5) is 64.3. The number of carboxylic acids is 4. The standard InChI is InChI=1S/C16H26O8.H3O4P/c17-13(18)11(14(19)20)9-7-5-3-1-2-4-6-8-10-12(15(21)22)16(23)24;1-5(2,3)4/h11-12H,1-10H2,(H,17,18)(H,19,20)(H,21,22)(H,23,24);(H3,1,2,3,4). The molecule has 0 aromatic rings. The Morgan fingerprint density at radius 3 is 0.862 bits per heavy atom. The predicted molar refractivity (Wildman–Crippen MR) is 98.0 cm³/mol. The number of carbonyl (C=O) groups is 4. The lowest BCUT2D eigenvalue weighted by molar-refractivity contribution is -0.156. The monoisotopic (exact) mass is 444 g/mol. The molecule has 0 atom stereocenters. The Morgan fingerprint density at radius 2 is 0.690 bits per heavy atom. The van der Waals surface area contributed by atoms with Gasteiger partial charge in [0.25, 0.3) is 0 Å². The van der Waals surface area contributed by atoms with Crippen molar-refractivity contribution >= 4 is 31.7 Å². The second kappa shape index (κ2) is 15.9. The minimum Gasteiger partial charge on any atom is -0.481 e. The minimum absolute atomic E-state index is 0.135. The number of hydrogen-bond donors (Lipinski definition) is 7. The zero-order chi connectivity index (χ0) is 23.0. The topological polar surface area (TPSA) is 227 Å². The Hall–Kier alpha value is -2.01. The minimum atomic E-state index is -4.64. The molecule has 0 spiro atoms. The van der Waals surface area contributed by atoms with Gasteiger partial charge in [-0.1, -0.05) is 51.4 Å². The first-order chi connectivity index (χ1) is 13.3. The van der Waals surface area contributed by atoms with E-state index in [4.69, 9.17) is 39.7 Å². The molecule has 0 amide bonds. The van der Waals surface area contributed by atoms with Crippen LogP contribution in [0, 0.1) is 11.8 Å². The van der Waals surface area contributed by atoms with Crippen molar-refractivity contribution in [2.45, 2.75) is 64.2 Å². The number of hydrogen-bond acceptors (Lipinski definition) is 5. The van der Waals surface area contributed by atoms with Gasteiger partial charge in [-0.25, -0.2) is 4.57 Å². The molecule has 7 N–H and O–H groups in total. The molecule has 0 fully saturated rings. The fraction of sp³-hybridized carbons (Fsp3) is 0.750. The van der Waals surface area contributed by atoms with E-state index in [-0.39, 0.29) is 12.8 Å². The van der Waals surface area contributed by atoms with Crippen LogP contribution in [0.25, 0.3) is 0 Å². The molecule has 170 valence electrons. The van der Waals surface area contributed by atoms with E-state index in [1.54, 1.807) is 0 Å². The van der Waals surface area contributed by atoms with Crippen LogP contribution in [0.2, 0.25) is 0 Å². The van der Waals surface area contributed by atoms with Crippen molar-refractivity contribution in [2.75, 3.05) is 0 Å². The van der Waals surface area contributed by atoms with Gasteiger partial charge in [0.15, 0.2) is 11.8 Å². The molecule has 0 radical (unpaired) electrons. The summed E-state index contributed by atoms with van der Waals surface area (Å²) in [5, 5.41) is 34.9. The molecule has 0 aliphatic rings. The van der Waals surface area contributed by atoms with E-state index in [1.165, 1.54) is 0 Å². The van der Waals surface area contributed by atoms with E-state index < -0.39 is 43.5 Å². The molecule has 0 rings (SSSR count). The molecule has 12 nitrogen and oxygen atoms in total. The zero-order valence-corrected chi connectivity index (χ0v) is 16.7. The molecule has 0 aromatic carbocycles. The summed E-state index contributed by atoms with van der Waals surface area (Å²) in [6.07, 6.45) is 6.58.